The molecule has 1 amide bonds. The monoisotopic (exact) mass is 378 g/mol. The highest BCUT2D eigenvalue weighted by atomic mass is 32.1. The lowest BCUT2D eigenvalue weighted by Gasteiger charge is -2.08. The van der Waals surface area contributed by atoms with Crippen molar-refractivity contribution in [1.29, 1.82) is 0 Å². The van der Waals surface area contributed by atoms with E-state index in [0.717, 1.165) is 34.0 Å². The fourth-order valence-corrected chi connectivity index (χ4v) is 3.08. The Kier molecular flexibility index (Phi) is 6.77. The average Bonchev–Trinajstić information content (AvgIpc) is 3.12. The van der Waals surface area contributed by atoms with Crippen molar-refractivity contribution in [3.63, 3.8) is 0 Å². The first kappa shape index (κ1) is 18.9. The van der Waals surface area contributed by atoms with Crippen LogP contribution in [0.1, 0.15) is 21.8 Å². The number of aromatic nitrogens is 1. The highest BCUT2D eigenvalue weighted by molar-refractivity contribution is 7.09. The van der Waals surface area contributed by atoms with Crippen LogP contribution in [0.5, 0.6) is 5.75 Å². The molecule has 1 heterocycles. The van der Waals surface area contributed by atoms with E-state index in [2.05, 4.69) is 10.3 Å². The Labute approximate surface area is 163 Å². The second kappa shape index (κ2) is 9.69. The van der Waals surface area contributed by atoms with Gasteiger partial charge in [0.2, 0.25) is 5.91 Å². The fourth-order valence-electron chi connectivity index (χ4n) is 2.50. The molecule has 1 N–H and O–H groups in total. The lowest BCUT2D eigenvalue weighted by molar-refractivity contribution is -0.116. The summed E-state index contributed by atoms with van der Waals surface area (Å²) in [5, 5.41) is 5.81. The molecule has 3 aromatic rings. The fraction of sp³-hybridized carbons (Fsp3) is 0.182. The van der Waals surface area contributed by atoms with Gasteiger partial charge in [0.25, 0.3) is 0 Å². The van der Waals surface area contributed by atoms with Crippen molar-refractivity contribution in [3.8, 4) is 5.75 Å². The number of hydrogen-bond donors (Lipinski definition) is 1. The average molecular weight is 378 g/mol. The number of thiazole rings is 1. The minimum Gasteiger partial charge on any atom is -0.489 e. The molecule has 0 radical (unpaired) electrons. The van der Waals surface area contributed by atoms with E-state index in [4.69, 9.17) is 4.74 Å². The van der Waals surface area contributed by atoms with Gasteiger partial charge in [-0.3, -0.25) is 4.79 Å². The molecule has 0 unspecified atom stereocenters. The molecule has 138 valence electrons. The van der Waals surface area contributed by atoms with Gasteiger partial charge >= 0.3 is 0 Å². The first-order chi connectivity index (χ1) is 13.2. The van der Waals surface area contributed by atoms with Gasteiger partial charge in [-0.2, -0.15) is 0 Å². The molecule has 4 nitrogen and oxygen atoms in total. The minimum atomic E-state index is -0.108. The van der Waals surface area contributed by atoms with Crippen molar-refractivity contribution in [2.45, 2.75) is 20.0 Å². The van der Waals surface area contributed by atoms with Crippen LogP contribution in [0, 0.1) is 6.92 Å². The summed E-state index contributed by atoms with van der Waals surface area (Å²) in [7, 11) is 0. The van der Waals surface area contributed by atoms with Gasteiger partial charge < -0.3 is 10.1 Å². The zero-order valence-corrected chi connectivity index (χ0v) is 16.0. The van der Waals surface area contributed by atoms with E-state index in [1.54, 1.807) is 17.4 Å². The number of ether oxygens (including phenoxy) is 1. The predicted octanol–water partition coefficient (Wildman–Crippen LogP) is 4.40. The lowest BCUT2D eigenvalue weighted by Crippen LogP contribution is -2.23. The van der Waals surface area contributed by atoms with E-state index in [0.29, 0.717) is 13.2 Å². The summed E-state index contributed by atoms with van der Waals surface area (Å²) in [5.74, 6) is 0.733. The van der Waals surface area contributed by atoms with Crippen molar-refractivity contribution in [3.05, 3.63) is 87.9 Å². The Hall–Kier alpha value is -2.92. The van der Waals surface area contributed by atoms with Crippen LogP contribution in [0.25, 0.3) is 6.08 Å². The Morgan fingerprint density at radius 3 is 2.59 bits per heavy atom. The van der Waals surface area contributed by atoms with Crippen molar-refractivity contribution in [2.75, 3.05) is 6.54 Å². The van der Waals surface area contributed by atoms with E-state index in [1.807, 2.05) is 66.9 Å². The number of amides is 1. The third-order valence-corrected chi connectivity index (χ3v) is 4.72. The van der Waals surface area contributed by atoms with Crippen molar-refractivity contribution in [1.82, 2.24) is 10.3 Å². The number of nitrogens with zero attached hydrogens (tertiary/aromatic N) is 1. The van der Waals surface area contributed by atoms with Crippen molar-refractivity contribution < 1.29 is 9.53 Å². The van der Waals surface area contributed by atoms with Gasteiger partial charge in [-0.1, -0.05) is 42.5 Å². The maximum Gasteiger partial charge on any atom is 0.244 e. The molecule has 0 fully saturated rings. The van der Waals surface area contributed by atoms with Crippen LogP contribution >= 0.6 is 11.3 Å². The lowest BCUT2D eigenvalue weighted by atomic mass is 10.1. The topological polar surface area (TPSA) is 51.2 Å². The molecule has 0 saturated carbocycles. The molecule has 0 aliphatic rings. The third kappa shape index (κ3) is 6.38. The van der Waals surface area contributed by atoms with Crippen LogP contribution in [-0.2, 0) is 17.8 Å². The van der Waals surface area contributed by atoms with E-state index in [-0.39, 0.29) is 5.91 Å². The molecule has 0 saturated heterocycles. The molecule has 5 heteroatoms. The highest BCUT2D eigenvalue weighted by Crippen LogP contribution is 2.14. The number of carbonyl (C=O) groups excluding carboxylic acids is 1. The molecule has 0 atom stereocenters. The predicted molar refractivity (Wildman–Crippen MR) is 110 cm³/mol. The Morgan fingerprint density at radius 2 is 1.89 bits per heavy atom. The molecule has 0 bridgehead atoms. The van der Waals surface area contributed by atoms with Gasteiger partial charge in [0.1, 0.15) is 12.4 Å². The quantitative estimate of drug-likeness (QED) is 0.591. The largest absolute Gasteiger partial charge is 0.489 e. The van der Waals surface area contributed by atoms with Crippen LogP contribution < -0.4 is 10.1 Å². The van der Waals surface area contributed by atoms with Gasteiger partial charge in [0.05, 0.1) is 10.7 Å². The minimum absolute atomic E-state index is 0.108. The normalized spacial score (nSPS) is 10.9. The second-order valence-electron chi connectivity index (χ2n) is 6.08. The number of nitrogens with one attached hydrogen (secondary N) is 1. The van der Waals surface area contributed by atoms with Gasteiger partial charge in [-0.15, -0.1) is 11.3 Å². The summed E-state index contributed by atoms with van der Waals surface area (Å²) >= 11 is 1.57. The molecule has 1 aromatic heterocycles. The maximum absolute atomic E-state index is 11.8. The molecule has 3 rings (SSSR count). The molecule has 2 aromatic carbocycles. The van der Waals surface area contributed by atoms with E-state index >= 15 is 0 Å². The van der Waals surface area contributed by atoms with Crippen molar-refractivity contribution in [2.24, 2.45) is 0 Å². The van der Waals surface area contributed by atoms with E-state index in [9.17, 15) is 4.79 Å². The molecule has 0 aliphatic carbocycles. The maximum atomic E-state index is 11.8. The number of rotatable bonds is 8. The summed E-state index contributed by atoms with van der Waals surface area (Å²) in [5.41, 5.74) is 3.12. The first-order valence-corrected chi connectivity index (χ1v) is 9.71. The SMILES string of the molecule is Cc1nc(/C=C/C(=O)NCCc2ccc(OCc3ccccc3)cc2)cs1. The number of aryl methyl sites for hydroxylation is 1. The molecular weight excluding hydrogens is 356 g/mol. The zero-order valence-electron chi connectivity index (χ0n) is 15.2. The van der Waals surface area contributed by atoms with Gasteiger partial charge in [-0.05, 0) is 42.7 Å². The van der Waals surface area contributed by atoms with Gasteiger partial charge in [0.15, 0.2) is 0 Å². The third-order valence-electron chi connectivity index (χ3n) is 3.93. The Balaban J connectivity index is 1.39. The standard InChI is InChI=1S/C22H22N2O2S/c1-17-24-20(16-27-17)9-12-22(25)23-14-13-18-7-10-21(11-8-18)26-15-19-5-3-2-4-6-19/h2-12,16H,13-15H2,1H3,(H,23,25)/b12-9+. The molecule has 0 aliphatic heterocycles. The summed E-state index contributed by atoms with van der Waals surface area (Å²) in [6.07, 6.45) is 4.03. The molecule has 27 heavy (non-hydrogen) atoms. The molecular formula is C22H22N2O2S. The summed E-state index contributed by atoms with van der Waals surface area (Å²) < 4.78 is 5.78. The van der Waals surface area contributed by atoms with Crippen LogP contribution in [0.4, 0.5) is 0 Å². The Morgan fingerprint density at radius 1 is 1.11 bits per heavy atom. The Bertz CT molecular complexity index is 886. The van der Waals surface area contributed by atoms with Crippen LogP contribution in [0.3, 0.4) is 0 Å². The summed E-state index contributed by atoms with van der Waals surface area (Å²) in [4.78, 5) is 16.1. The van der Waals surface area contributed by atoms with Crippen LogP contribution in [0.15, 0.2) is 66.1 Å². The van der Waals surface area contributed by atoms with E-state index < -0.39 is 0 Å². The zero-order chi connectivity index (χ0) is 18.9. The first-order valence-electron chi connectivity index (χ1n) is 8.83. The highest BCUT2D eigenvalue weighted by Gasteiger charge is 2.00. The second-order valence-corrected chi connectivity index (χ2v) is 7.15. The van der Waals surface area contributed by atoms with E-state index in [1.165, 1.54) is 6.08 Å². The number of benzene rings is 2. The van der Waals surface area contributed by atoms with Crippen LogP contribution in [-0.4, -0.2) is 17.4 Å². The van der Waals surface area contributed by atoms with Gasteiger partial charge in [0, 0.05) is 18.0 Å². The van der Waals surface area contributed by atoms with Crippen molar-refractivity contribution >= 4 is 23.3 Å². The van der Waals surface area contributed by atoms with Crippen LogP contribution in [0.2, 0.25) is 0 Å². The summed E-state index contributed by atoms with van der Waals surface area (Å²) in [6.45, 7) is 3.09. The summed E-state index contributed by atoms with van der Waals surface area (Å²) in [6, 6.07) is 18.1. The number of hydrogen-bond acceptors (Lipinski definition) is 4. The molecule has 0 spiro atoms. The number of carbonyl (C=O) groups is 1. The smallest absolute Gasteiger partial charge is 0.244 e. The van der Waals surface area contributed by atoms with Gasteiger partial charge in [-0.25, -0.2) is 4.98 Å².